The molecule has 2 unspecified atom stereocenters. The minimum absolute atomic E-state index is 0.399. The molecular formula is C9H19NO2S. The lowest BCUT2D eigenvalue weighted by Crippen LogP contribution is -2.38. The van der Waals surface area contributed by atoms with Crippen LogP contribution in [-0.2, 0) is 4.79 Å². The third-order valence-electron chi connectivity index (χ3n) is 1.87. The van der Waals surface area contributed by atoms with Crippen molar-refractivity contribution in [1.29, 1.82) is 0 Å². The number of carboxylic acids is 1. The third kappa shape index (κ3) is 5.93. The Morgan fingerprint density at radius 1 is 1.54 bits per heavy atom. The van der Waals surface area contributed by atoms with Crippen LogP contribution in [0, 0.1) is 0 Å². The standard InChI is InChI=1S/C9H19NO2S/c1-4-7(3)13-6-8(9(11)12)10-5-2/h7-8,10H,4-6H2,1-3H3,(H,11,12). The molecule has 3 nitrogen and oxygen atoms in total. The van der Waals surface area contributed by atoms with E-state index in [0.29, 0.717) is 17.5 Å². The fraction of sp³-hybridized carbons (Fsp3) is 0.889. The fourth-order valence-electron chi connectivity index (χ4n) is 0.842. The van der Waals surface area contributed by atoms with Crippen molar-refractivity contribution < 1.29 is 9.90 Å². The summed E-state index contributed by atoms with van der Waals surface area (Å²) >= 11 is 1.71. The first-order chi connectivity index (χ1) is 6.11. The molecule has 0 aromatic carbocycles. The molecule has 0 heterocycles. The molecule has 0 fully saturated rings. The first-order valence-corrected chi connectivity index (χ1v) is 5.74. The highest BCUT2D eigenvalue weighted by molar-refractivity contribution is 7.99. The number of hydrogen-bond acceptors (Lipinski definition) is 3. The lowest BCUT2D eigenvalue weighted by atomic mass is 10.3. The maximum Gasteiger partial charge on any atom is 0.321 e. The van der Waals surface area contributed by atoms with E-state index in [1.807, 2.05) is 6.92 Å². The van der Waals surface area contributed by atoms with Crippen LogP contribution in [0.25, 0.3) is 0 Å². The van der Waals surface area contributed by atoms with Crippen LogP contribution in [-0.4, -0.2) is 34.7 Å². The van der Waals surface area contributed by atoms with Gasteiger partial charge in [-0.3, -0.25) is 4.79 Å². The molecule has 0 rings (SSSR count). The minimum atomic E-state index is -0.752. The molecule has 0 radical (unpaired) electrons. The van der Waals surface area contributed by atoms with E-state index in [-0.39, 0.29) is 0 Å². The summed E-state index contributed by atoms with van der Waals surface area (Å²) in [5, 5.41) is 12.3. The number of carboxylic acid groups (broad SMARTS) is 1. The van der Waals surface area contributed by atoms with Crippen LogP contribution in [0.4, 0.5) is 0 Å². The largest absolute Gasteiger partial charge is 0.480 e. The summed E-state index contributed by atoms with van der Waals surface area (Å²) in [6.07, 6.45) is 1.09. The Balaban J connectivity index is 3.75. The van der Waals surface area contributed by atoms with Gasteiger partial charge in [0.05, 0.1) is 0 Å². The molecule has 2 N–H and O–H groups in total. The van der Waals surface area contributed by atoms with Gasteiger partial charge in [0.1, 0.15) is 6.04 Å². The van der Waals surface area contributed by atoms with Crippen LogP contribution in [0.2, 0.25) is 0 Å². The minimum Gasteiger partial charge on any atom is -0.480 e. The van der Waals surface area contributed by atoms with Crippen LogP contribution < -0.4 is 5.32 Å². The van der Waals surface area contributed by atoms with Gasteiger partial charge in [-0.2, -0.15) is 11.8 Å². The smallest absolute Gasteiger partial charge is 0.321 e. The number of likely N-dealkylation sites (N-methyl/N-ethyl adjacent to an activating group) is 1. The van der Waals surface area contributed by atoms with E-state index >= 15 is 0 Å². The van der Waals surface area contributed by atoms with E-state index in [1.165, 1.54) is 0 Å². The van der Waals surface area contributed by atoms with Crippen molar-refractivity contribution in [3.8, 4) is 0 Å². The summed E-state index contributed by atoms with van der Waals surface area (Å²) < 4.78 is 0. The Bertz CT molecular complexity index is 153. The lowest BCUT2D eigenvalue weighted by molar-refractivity contribution is -0.138. The Hall–Kier alpha value is -0.220. The predicted octanol–water partition coefficient (Wildman–Crippen LogP) is 1.58. The zero-order chi connectivity index (χ0) is 10.3. The summed E-state index contributed by atoms with van der Waals surface area (Å²) in [5.41, 5.74) is 0. The van der Waals surface area contributed by atoms with Gasteiger partial charge in [-0.1, -0.05) is 20.8 Å². The van der Waals surface area contributed by atoms with Crippen molar-refractivity contribution in [3.05, 3.63) is 0 Å². The van der Waals surface area contributed by atoms with Crippen molar-refractivity contribution in [2.45, 2.75) is 38.5 Å². The topological polar surface area (TPSA) is 49.3 Å². The quantitative estimate of drug-likeness (QED) is 0.662. The Morgan fingerprint density at radius 3 is 2.54 bits per heavy atom. The van der Waals surface area contributed by atoms with E-state index in [4.69, 9.17) is 5.11 Å². The highest BCUT2D eigenvalue weighted by Gasteiger charge is 2.16. The van der Waals surface area contributed by atoms with Crippen LogP contribution in [0.3, 0.4) is 0 Å². The summed E-state index contributed by atoms with van der Waals surface area (Å²) in [6, 6.07) is -0.399. The summed E-state index contributed by atoms with van der Waals surface area (Å²) in [7, 11) is 0. The first-order valence-electron chi connectivity index (χ1n) is 4.69. The number of rotatable bonds is 7. The molecule has 0 aliphatic heterocycles. The Labute approximate surface area is 84.3 Å². The van der Waals surface area contributed by atoms with Crippen LogP contribution in [0.1, 0.15) is 27.2 Å². The molecule has 0 aliphatic rings. The highest BCUT2D eigenvalue weighted by atomic mass is 32.2. The molecule has 0 bridgehead atoms. The maximum atomic E-state index is 10.7. The van der Waals surface area contributed by atoms with Crippen molar-refractivity contribution in [2.75, 3.05) is 12.3 Å². The zero-order valence-electron chi connectivity index (χ0n) is 8.54. The van der Waals surface area contributed by atoms with Gasteiger partial charge >= 0.3 is 5.97 Å². The molecule has 0 aromatic heterocycles. The average Bonchev–Trinajstić information content (AvgIpc) is 2.11. The zero-order valence-corrected chi connectivity index (χ0v) is 9.36. The fourth-order valence-corrected chi connectivity index (χ4v) is 1.86. The first kappa shape index (κ1) is 12.8. The SMILES string of the molecule is CCNC(CSC(C)CC)C(=O)O. The van der Waals surface area contributed by atoms with Crippen molar-refractivity contribution >= 4 is 17.7 Å². The Kier molecular flexibility index (Phi) is 7.09. The van der Waals surface area contributed by atoms with Gasteiger partial charge in [0, 0.05) is 11.0 Å². The van der Waals surface area contributed by atoms with Gasteiger partial charge in [-0.15, -0.1) is 0 Å². The monoisotopic (exact) mass is 205 g/mol. The molecule has 0 aliphatic carbocycles. The molecule has 2 atom stereocenters. The molecule has 78 valence electrons. The number of carbonyl (C=O) groups is 1. The van der Waals surface area contributed by atoms with E-state index in [1.54, 1.807) is 11.8 Å². The normalized spacial score (nSPS) is 15.3. The van der Waals surface area contributed by atoms with Gasteiger partial charge < -0.3 is 10.4 Å². The van der Waals surface area contributed by atoms with Gasteiger partial charge in [-0.25, -0.2) is 0 Å². The third-order valence-corrected chi connectivity index (χ3v) is 3.30. The van der Waals surface area contributed by atoms with Crippen molar-refractivity contribution in [3.63, 3.8) is 0 Å². The number of aliphatic carboxylic acids is 1. The van der Waals surface area contributed by atoms with Gasteiger partial charge in [0.25, 0.3) is 0 Å². The molecule has 0 aromatic rings. The van der Waals surface area contributed by atoms with Crippen LogP contribution >= 0.6 is 11.8 Å². The van der Waals surface area contributed by atoms with E-state index in [2.05, 4.69) is 19.2 Å². The summed E-state index contributed by atoms with van der Waals surface area (Å²) in [5.74, 6) is -0.101. The predicted molar refractivity (Wildman–Crippen MR) is 57.3 cm³/mol. The highest BCUT2D eigenvalue weighted by Crippen LogP contribution is 2.14. The molecular weight excluding hydrogens is 186 g/mol. The summed E-state index contributed by atoms with van der Waals surface area (Å²) in [4.78, 5) is 10.7. The molecule has 0 saturated carbocycles. The maximum absolute atomic E-state index is 10.7. The van der Waals surface area contributed by atoms with Crippen LogP contribution in [0.15, 0.2) is 0 Å². The average molecular weight is 205 g/mol. The van der Waals surface area contributed by atoms with E-state index in [0.717, 1.165) is 6.42 Å². The van der Waals surface area contributed by atoms with Crippen molar-refractivity contribution in [1.82, 2.24) is 5.32 Å². The van der Waals surface area contributed by atoms with Crippen LogP contribution in [0.5, 0.6) is 0 Å². The summed E-state index contributed by atoms with van der Waals surface area (Å²) in [6.45, 7) is 6.86. The van der Waals surface area contributed by atoms with Crippen molar-refractivity contribution in [2.24, 2.45) is 0 Å². The van der Waals surface area contributed by atoms with Gasteiger partial charge in [0.15, 0.2) is 0 Å². The number of hydrogen-bond donors (Lipinski definition) is 2. The molecule has 0 saturated heterocycles. The lowest BCUT2D eigenvalue weighted by Gasteiger charge is -2.14. The second-order valence-electron chi connectivity index (χ2n) is 3.00. The number of nitrogens with one attached hydrogen (secondary N) is 1. The molecule has 4 heteroatoms. The molecule has 0 spiro atoms. The molecule has 13 heavy (non-hydrogen) atoms. The van der Waals surface area contributed by atoms with Gasteiger partial charge in [0.2, 0.25) is 0 Å². The second kappa shape index (κ2) is 7.21. The number of thioether (sulfide) groups is 1. The van der Waals surface area contributed by atoms with E-state index in [9.17, 15) is 4.79 Å². The van der Waals surface area contributed by atoms with Gasteiger partial charge in [-0.05, 0) is 13.0 Å². The molecule has 0 amide bonds. The Morgan fingerprint density at radius 2 is 2.15 bits per heavy atom. The van der Waals surface area contributed by atoms with E-state index < -0.39 is 12.0 Å². The second-order valence-corrected chi connectivity index (χ2v) is 4.47.